The fourth-order valence-corrected chi connectivity index (χ4v) is 2.28. The summed E-state index contributed by atoms with van der Waals surface area (Å²) in [4.78, 5) is 11.6. The molecule has 0 bridgehead atoms. The zero-order valence-electron chi connectivity index (χ0n) is 11.2. The van der Waals surface area contributed by atoms with Crippen LogP contribution in [-0.4, -0.2) is 10.4 Å². The lowest BCUT2D eigenvalue weighted by Gasteiger charge is -2.06. The lowest BCUT2D eigenvalue weighted by molar-refractivity contribution is 0.0988. The van der Waals surface area contributed by atoms with Crippen molar-refractivity contribution < 1.29 is 4.79 Å². The van der Waals surface area contributed by atoms with Crippen LogP contribution in [0.1, 0.15) is 40.4 Å². The van der Waals surface area contributed by atoms with Crippen LogP contribution in [0.15, 0.2) is 36.7 Å². The van der Waals surface area contributed by atoms with Gasteiger partial charge in [-0.1, -0.05) is 36.2 Å². The maximum Gasteiger partial charge on any atom is 0.164 e. The Hall–Kier alpha value is -1.83. The van der Waals surface area contributed by atoms with E-state index >= 15 is 0 Å². The van der Waals surface area contributed by atoms with Gasteiger partial charge in [0.15, 0.2) is 5.78 Å². The fraction of sp³-hybridized carbons (Fsp3) is 0.312. The summed E-state index contributed by atoms with van der Waals surface area (Å²) in [6.45, 7) is 6.93. The number of hydrogen-bond donors (Lipinski definition) is 0. The van der Waals surface area contributed by atoms with Gasteiger partial charge in [-0.15, -0.1) is 0 Å². The summed E-state index contributed by atoms with van der Waals surface area (Å²) >= 11 is 0. The highest BCUT2D eigenvalue weighted by atomic mass is 16.1. The minimum Gasteiger partial charge on any atom is -0.349 e. The molecule has 0 atom stereocenters. The summed E-state index contributed by atoms with van der Waals surface area (Å²) < 4.78 is 2.07. The van der Waals surface area contributed by atoms with Gasteiger partial charge in [0.05, 0.1) is 0 Å². The molecule has 2 aromatic rings. The van der Waals surface area contributed by atoms with E-state index in [1.165, 1.54) is 16.7 Å². The third-order valence-electron chi connectivity index (χ3n) is 3.04. The molecule has 1 heterocycles. The van der Waals surface area contributed by atoms with Crippen LogP contribution in [0.25, 0.3) is 0 Å². The van der Waals surface area contributed by atoms with Crippen molar-refractivity contribution in [1.82, 2.24) is 4.57 Å². The first-order valence-corrected chi connectivity index (χ1v) is 6.34. The second-order valence-electron chi connectivity index (χ2n) is 4.85. The second kappa shape index (κ2) is 5.21. The Kier molecular flexibility index (Phi) is 3.66. The molecule has 0 saturated carbocycles. The van der Waals surface area contributed by atoms with E-state index in [1.54, 1.807) is 0 Å². The molecule has 0 aliphatic rings. The fourth-order valence-electron chi connectivity index (χ4n) is 2.28. The number of benzene rings is 1. The first-order chi connectivity index (χ1) is 8.58. The molecular weight excluding hydrogens is 222 g/mol. The first kappa shape index (κ1) is 12.6. The molecule has 0 N–H and O–H groups in total. The van der Waals surface area contributed by atoms with E-state index in [0.29, 0.717) is 6.42 Å². The molecule has 94 valence electrons. The molecule has 2 rings (SSSR count). The molecule has 1 aromatic carbocycles. The number of hydrogen-bond acceptors (Lipinski definition) is 1. The predicted molar refractivity (Wildman–Crippen MR) is 74.1 cm³/mol. The summed E-state index contributed by atoms with van der Waals surface area (Å²) in [7, 11) is 0. The van der Waals surface area contributed by atoms with Crippen LogP contribution in [0, 0.1) is 13.8 Å². The molecule has 0 aliphatic heterocycles. The quantitative estimate of drug-likeness (QED) is 0.747. The first-order valence-electron chi connectivity index (χ1n) is 6.34. The van der Waals surface area contributed by atoms with Gasteiger partial charge in [0.2, 0.25) is 0 Å². The van der Waals surface area contributed by atoms with Crippen molar-refractivity contribution in [3.8, 4) is 0 Å². The van der Waals surface area contributed by atoms with E-state index in [1.807, 2.05) is 25.4 Å². The predicted octanol–water partition coefficient (Wildman–Crippen LogP) is 3.75. The average molecular weight is 241 g/mol. The Morgan fingerprint density at radius 3 is 2.44 bits per heavy atom. The number of carbonyl (C=O) groups excluding carboxylic acids is 1. The average Bonchev–Trinajstić information content (AvgIpc) is 2.75. The van der Waals surface area contributed by atoms with Crippen LogP contribution < -0.4 is 0 Å². The standard InChI is InChI=1S/C16H19NO/c1-4-16(18)15-5-6-17(11-15)10-14-8-12(2)7-13(3)9-14/h5-9,11H,4,10H2,1-3H3. The summed E-state index contributed by atoms with van der Waals surface area (Å²) in [5.41, 5.74) is 4.64. The molecule has 18 heavy (non-hydrogen) atoms. The van der Waals surface area contributed by atoms with Crippen molar-refractivity contribution in [1.29, 1.82) is 0 Å². The van der Waals surface area contributed by atoms with Crippen molar-refractivity contribution in [3.05, 3.63) is 58.9 Å². The lowest BCUT2D eigenvalue weighted by Crippen LogP contribution is -1.99. The Bertz CT molecular complexity index is 546. The van der Waals surface area contributed by atoms with E-state index < -0.39 is 0 Å². The van der Waals surface area contributed by atoms with Crippen molar-refractivity contribution in [3.63, 3.8) is 0 Å². The minimum absolute atomic E-state index is 0.203. The van der Waals surface area contributed by atoms with Crippen LogP contribution in [-0.2, 0) is 6.54 Å². The zero-order valence-corrected chi connectivity index (χ0v) is 11.2. The van der Waals surface area contributed by atoms with Crippen LogP contribution in [0.2, 0.25) is 0 Å². The monoisotopic (exact) mass is 241 g/mol. The van der Waals surface area contributed by atoms with E-state index in [0.717, 1.165) is 12.1 Å². The van der Waals surface area contributed by atoms with Gasteiger partial charge < -0.3 is 4.57 Å². The number of Topliss-reactive ketones (excluding diaryl/α,β-unsaturated/α-hetero) is 1. The molecule has 0 spiro atoms. The summed E-state index contributed by atoms with van der Waals surface area (Å²) in [6, 6.07) is 8.45. The van der Waals surface area contributed by atoms with Crippen molar-refractivity contribution >= 4 is 5.78 Å². The van der Waals surface area contributed by atoms with E-state index in [4.69, 9.17) is 0 Å². The highest BCUT2D eigenvalue weighted by Crippen LogP contribution is 2.12. The zero-order chi connectivity index (χ0) is 13.1. The van der Waals surface area contributed by atoms with Gasteiger partial charge in [-0.2, -0.15) is 0 Å². The molecule has 0 fully saturated rings. The maximum atomic E-state index is 11.6. The molecule has 0 radical (unpaired) electrons. The Labute approximate surface area is 108 Å². The highest BCUT2D eigenvalue weighted by Gasteiger charge is 2.05. The molecular formula is C16H19NO. The topological polar surface area (TPSA) is 22.0 Å². The Balaban J connectivity index is 2.18. The lowest BCUT2D eigenvalue weighted by atomic mass is 10.1. The molecule has 0 amide bonds. The SMILES string of the molecule is CCC(=O)c1ccn(Cc2cc(C)cc(C)c2)c1. The highest BCUT2D eigenvalue weighted by molar-refractivity contribution is 5.95. The number of aromatic nitrogens is 1. The molecule has 2 nitrogen and oxygen atoms in total. The van der Waals surface area contributed by atoms with Crippen LogP contribution in [0.4, 0.5) is 0 Å². The van der Waals surface area contributed by atoms with Gasteiger partial charge in [-0.25, -0.2) is 0 Å². The normalized spacial score (nSPS) is 10.6. The van der Waals surface area contributed by atoms with Gasteiger partial charge in [-0.05, 0) is 25.5 Å². The Morgan fingerprint density at radius 2 is 1.83 bits per heavy atom. The third kappa shape index (κ3) is 2.89. The molecule has 0 saturated heterocycles. The van der Waals surface area contributed by atoms with Crippen LogP contribution in [0.3, 0.4) is 0 Å². The summed E-state index contributed by atoms with van der Waals surface area (Å²) in [5.74, 6) is 0.203. The number of nitrogens with zero attached hydrogens (tertiary/aromatic N) is 1. The van der Waals surface area contributed by atoms with Gasteiger partial charge in [-0.3, -0.25) is 4.79 Å². The number of rotatable bonds is 4. The van der Waals surface area contributed by atoms with Gasteiger partial charge in [0, 0.05) is 30.9 Å². The maximum absolute atomic E-state index is 11.6. The van der Waals surface area contributed by atoms with Crippen molar-refractivity contribution in [2.45, 2.75) is 33.7 Å². The third-order valence-corrected chi connectivity index (χ3v) is 3.04. The van der Waals surface area contributed by atoms with Gasteiger partial charge >= 0.3 is 0 Å². The number of ketones is 1. The second-order valence-corrected chi connectivity index (χ2v) is 4.85. The van der Waals surface area contributed by atoms with Crippen molar-refractivity contribution in [2.75, 3.05) is 0 Å². The van der Waals surface area contributed by atoms with Crippen LogP contribution in [0.5, 0.6) is 0 Å². The van der Waals surface area contributed by atoms with Gasteiger partial charge in [0.25, 0.3) is 0 Å². The largest absolute Gasteiger partial charge is 0.349 e. The van der Waals surface area contributed by atoms with Crippen molar-refractivity contribution in [2.24, 2.45) is 0 Å². The number of aryl methyl sites for hydroxylation is 2. The van der Waals surface area contributed by atoms with Gasteiger partial charge in [0.1, 0.15) is 0 Å². The summed E-state index contributed by atoms with van der Waals surface area (Å²) in [6.07, 6.45) is 4.47. The van der Waals surface area contributed by atoms with Crippen LogP contribution >= 0.6 is 0 Å². The smallest absolute Gasteiger partial charge is 0.164 e. The minimum atomic E-state index is 0.203. The number of carbonyl (C=O) groups is 1. The van der Waals surface area contributed by atoms with E-state index in [-0.39, 0.29) is 5.78 Å². The molecule has 2 heteroatoms. The molecule has 1 aromatic heterocycles. The molecule has 0 aliphatic carbocycles. The molecule has 0 unspecified atom stereocenters. The summed E-state index contributed by atoms with van der Waals surface area (Å²) in [5, 5.41) is 0. The van der Waals surface area contributed by atoms with E-state index in [9.17, 15) is 4.79 Å². The van der Waals surface area contributed by atoms with E-state index in [2.05, 4.69) is 36.6 Å². The Morgan fingerprint density at radius 1 is 1.17 bits per heavy atom.